The molecule has 0 bridgehead atoms. The van der Waals surface area contributed by atoms with Gasteiger partial charge in [-0.25, -0.2) is 0 Å². The summed E-state index contributed by atoms with van der Waals surface area (Å²) < 4.78 is 6.20. The highest BCUT2D eigenvalue weighted by molar-refractivity contribution is 6.31. The Hall–Kier alpha value is -2.23. The van der Waals surface area contributed by atoms with Gasteiger partial charge in [-0.1, -0.05) is 53.6 Å². The topological polar surface area (TPSA) is 38.5 Å². The van der Waals surface area contributed by atoms with Gasteiger partial charge in [0.2, 0.25) is 0 Å². The zero-order valence-corrected chi connectivity index (χ0v) is 17.6. The maximum atomic E-state index is 6.72. The first-order valence-corrected chi connectivity index (χ1v) is 10.9. The first kappa shape index (κ1) is 18.8. The highest BCUT2D eigenvalue weighted by atomic mass is 35.5. The number of nitrogens with two attached hydrogens (primary N) is 1. The van der Waals surface area contributed by atoms with Gasteiger partial charge >= 0.3 is 0 Å². The van der Waals surface area contributed by atoms with Gasteiger partial charge in [0.1, 0.15) is 5.75 Å². The fraction of sp³-hybridized carbons (Fsp3) is 0.360. The molecular formula is C25H27ClN2O. The van der Waals surface area contributed by atoms with Crippen molar-refractivity contribution in [3.8, 4) is 5.75 Å². The molecule has 0 spiro atoms. The number of rotatable bonds is 6. The van der Waals surface area contributed by atoms with Crippen LogP contribution >= 0.6 is 11.6 Å². The predicted octanol–water partition coefficient (Wildman–Crippen LogP) is 5.46. The van der Waals surface area contributed by atoms with Crippen LogP contribution in [0.4, 0.5) is 0 Å². The van der Waals surface area contributed by atoms with Crippen molar-refractivity contribution < 1.29 is 4.74 Å². The molecule has 5 rings (SSSR count). The minimum absolute atomic E-state index is 0.229. The molecule has 1 heterocycles. The van der Waals surface area contributed by atoms with Crippen LogP contribution in [-0.2, 0) is 6.54 Å². The Kier molecular flexibility index (Phi) is 4.68. The molecule has 150 valence electrons. The molecule has 0 unspecified atom stereocenters. The third kappa shape index (κ3) is 3.94. The lowest BCUT2D eigenvalue weighted by Crippen LogP contribution is -2.31. The van der Waals surface area contributed by atoms with Gasteiger partial charge in [0.15, 0.2) is 0 Å². The van der Waals surface area contributed by atoms with Crippen LogP contribution in [0.25, 0.3) is 5.57 Å². The Morgan fingerprint density at radius 1 is 1.17 bits per heavy atom. The molecule has 0 saturated heterocycles. The van der Waals surface area contributed by atoms with Crippen molar-refractivity contribution in [3.63, 3.8) is 0 Å². The van der Waals surface area contributed by atoms with E-state index in [0.717, 1.165) is 60.7 Å². The number of hydrogen-bond donors (Lipinski definition) is 1. The van der Waals surface area contributed by atoms with Gasteiger partial charge in [0.05, 0.1) is 6.10 Å². The van der Waals surface area contributed by atoms with E-state index in [-0.39, 0.29) is 5.54 Å². The minimum Gasteiger partial charge on any atom is -0.490 e. The van der Waals surface area contributed by atoms with Crippen LogP contribution in [0.5, 0.6) is 5.75 Å². The number of aryl methyl sites for hydroxylation is 1. The van der Waals surface area contributed by atoms with E-state index >= 15 is 0 Å². The summed E-state index contributed by atoms with van der Waals surface area (Å²) in [5.74, 6) is 0.978. The molecule has 0 atom stereocenters. The van der Waals surface area contributed by atoms with Gasteiger partial charge in [-0.3, -0.25) is 0 Å². The lowest BCUT2D eigenvalue weighted by Gasteiger charge is -2.30. The van der Waals surface area contributed by atoms with E-state index in [0.29, 0.717) is 6.10 Å². The second kappa shape index (κ2) is 7.23. The molecule has 2 aromatic carbocycles. The van der Waals surface area contributed by atoms with Crippen molar-refractivity contribution in [2.24, 2.45) is 5.73 Å². The van der Waals surface area contributed by atoms with Gasteiger partial charge in [-0.2, -0.15) is 0 Å². The fourth-order valence-corrected chi connectivity index (χ4v) is 4.17. The predicted molar refractivity (Wildman–Crippen MR) is 119 cm³/mol. The fourth-order valence-electron chi connectivity index (χ4n) is 3.99. The van der Waals surface area contributed by atoms with Gasteiger partial charge < -0.3 is 15.4 Å². The first-order valence-electron chi connectivity index (χ1n) is 10.5. The number of nitrogens with zero attached hydrogens (tertiary/aromatic N) is 1. The first-order chi connectivity index (χ1) is 14.0. The van der Waals surface area contributed by atoms with Crippen LogP contribution in [0.1, 0.15) is 42.4 Å². The second-order valence-corrected chi connectivity index (χ2v) is 9.06. The molecule has 2 fully saturated rings. The number of benzene rings is 2. The molecular weight excluding hydrogens is 380 g/mol. The lowest BCUT2D eigenvalue weighted by atomic mass is 9.89. The highest BCUT2D eigenvalue weighted by Gasteiger charge is 2.45. The molecule has 2 aliphatic carbocycles. The van der Waals surface area contributed by atoms with Crippen molar-refractivity contribution in [1.82, 2.24) is 4.90 Å². The van der Waals surface area contributed by atoms with Gasteiger partial charge in [0, 0.05) is 35.4 Å². The molecule has 0 amide bonds. The quantitative estimate of drug-likeness (QED) is 0.691. The molecule has 2 saturated carbocycles. The van der Waals surface area contributed by atoms with E-state index in [2.05, 4.69) is 60.5 Å². The average molecular weight is 407 g/mol. The van der Waals surface area contributed by atoms with Crippen molar-refractivity contribution in [1.29, 1.82) is 0 Å². The van der Waals surface area contributed by atoms with E-state index < -0.39 is 0 Å². The van der Waals surface area contributed by atoms with Crippen LogP contribution < -0.4 is 10.5 Å². The van der Waals surface area contributed by atoms with Crippen LogP contribution in [0.2, 0.25) is 5.02 Å². The van der Waals surface area contributed by atoms with Gasteiger partial charge in [-0.05, 0) is 61.4 Å². The molecule has 0 aromatic heterocycles. The Labute approximate surface area is 177 Å². The summed E-state index contributed by atoms with van der Waals surface area (Å²) in [6.07, 6.45) is 9.31. The van der Waals surface area contributed by atoms with Gasteiger partial charge in [-0.15, -0.1) is 0 Å². The van der Waals surface area contributed by atoms with Crippen molar-refractivity contribution >= 4 is 17.2 Å². The van der Waals surface area contributed by atoms with Crippen molar-refractivity contribution in [2.75, 3.05) is 6.54 Å². The van der Waals surface area contributed by atoms with E-state index in [9.17, 15) is 0 Å². The molecule has 29 heavy (non-hydrogen) atoms. The van der Waals surface area contributed by atoms with E-state index in [4.69, 9.17) is 22.1 Å². The zero-order valence-electron chi connectivity index (χ0n) is 16.8. The maximum Gasteiger partial charge on any atom is 0.127 e. The maximum absolute atomic E-state index is 6.72. The number of halogens is 1. The molecule has 3 nitrogen and oxygen atoms in total. The summed E-state index contributed by atoms with van der Waals surface area (Å²) in [6, 6.07) is 14.6. The Morgan fingerprint density at radius 3 is 2.72 bits per heavy atom. The van der Waals surface area contributed by atoms with Crippen molar-refractivity contribution in [2.45, 2.75) is 50.8 Å². The van der Waals surface area contributed by atoms with Crippen LogP contribution in [0, 0.1) is 6.92 Å². The zero-order chi connectivity index (χ0) is 20.0. The number of hydrogen-bond acceptors (Lipinski definition) is 3. The van der Waals surface area contributed by atoms with Crippen LogP contribution in [0.15, 0.2) is 60.3 Å². The Balaban J connectivity index is 1.46. The summed E-state index contributed by atoms with van der Waals surface area (Å²) in [6.45, 7) is 3.71. The summed E-state index contributed by atoms with van der Waals surface area (Å²) in [5, 5.41) is 0.817. The highest BCUT2D eigenvalue weighted by Crippen LogP contribution is 2.48. The standard InChI is InChI=1S/C25H27ClN2O/c1-17-6-9-23(26)18(14-17)15-28-13-10-20(22(16-28)25(27)11-12-25)21-4-2-3-5-24(21)29-19-7-8-19/h2-6,9-10,14,16,19H,7-8,11-13,15,27H2,1H3. The third-order valence-electron chi connectivity index (χ3n) is 6.03. The third-order valence-corrected chi connectivity index (χ3v) is 6.40. The summed E-state index contributed by atoms with van der Waals surface area (Å²) >= 11 is 6.45. The lowest BCUT2D eigenvalue weighted by molar-refractivity contribution is 0.302. The number of ether oxygens (including phenoxy) is 1. The number of para-hydroxylation sites is 1. The second-order valence-electron chi connectivity index (χ2n) is 8.65. The van der Waals surface area contributed by atoms with E-state index in [1.165, 1.54) is 16.7 Å². The summed E-state index contributed by atoms with van der Waals surface area (Å²) in [7, 11) is 0. The SMILES string of the molecule is Cc1ccc(Cl)c(CN2C=C(C3(N)CC3)C(c3ccccc3OC3CC3)=CC2)c1. The minimum atomic E-state index is -0.229. The molecule has 1 aliphatic heterocycles. The monoisotopic (exact) mass is 406 g/mol. The average Bonchev–Trinajstić information content (AvgIpc) is 3.64. The van der Waals surface area contributed by atoms with Crippen LogP contribution in [0.3, 0.4) is 0 Å². The molecule has 2 N–H and O–H groups in total. The summed E-state index contributed by atoms with van der Waals surface area (Å²) in [4.78, 5) is 2.32. The molecule has 4 heteroatoms. The van der Waals surface area contributed by atoms with E-state index in [1.54, 1.807) is 0 Å². The van der Waals surface area contributed by atoms with Crippen LogP contribution in [-0.4, -0.2) is 23.1 Å². The molecule has 3 aliphatic rings. The molecule has 0 radical (unpaired) electrons. The normalized spacial score (nSPS) is 20.2. The van der Waals surface area contributed by atoms with E-state index in [1.807, 2.05) is 6.07 Å². The molecule has 2 aromatic rings. The Morgan fingerprint density at radius 2 is 1.97 bits per heavy atom. The smallest absolute Gasteiger partial charge is 0.127 e. The van der Waals surface area contributed by atoms with Gasteiger partial charge in [0.25, 0.3) is 0 Å². The summed E-state index contributed by atoms with van der Waals surface area (Å²) in [5.41, 5.74) is 12.5. The van der Waals surface area contributed by atoms with Crippen molar-refractivity contribution in [3.05, 3.63) is 82.0 Å². The Bertz CT molecular complexity index is 1000. The largest absolute Gasteiger partial charge is 0.490 e.